The molecule has 1 aliphatic heterocycles. The van der Waals surface area contributed by atoms with E-state index in [0.29, 0.717) is 19.6 Å². The summed E-state index contributed by atoms with van der Waals surface area (Å²) in [4.78, 5) is 30.7. The molecule has 0 spiro atoms. The highest BCUT2D eigenvalue weighted by atomic mass is 16.2. The van der Waals surface area contributed by atoms with Crippen LogP contribution in [0.3, 0.4) is 0 Å². The highest BCUT2D eigenvalue weighted by molar-refractivity contribution is 5.97. The average Bonchev–Trinajstić information content (AvgIpc) is 2.53. The van der Waals surface area contributed by atoms with E-state index in [0.717, 1.165) is 18.7 Å². The van der Waals surface area contributed by atoms with Gasteiger partial charge < -0.3 is 14.7 Å². The topological polar surface area (TPSA) is 43.9 Å². The number of rotatable bonds is 5. The Hall–Kier alpha value is -1.88. The van der Waals surface area contributed by atoms with E-state index in [-0.39, 0.29) is 24.3 Å². The largest absolute Gasteiger partial charge is 0.340 e. The lowest BCUT2D eigenvalue weighted by Crippen LogP contribution is -2.48. The molecule has 126 valence electrons. The van der Waals surface area contributed by atoms with E-state index in [1.54, 1.807) is 9.80 Å². The molecule has 0 aliphatic carbocycles. The number of hydrogen-bond acceptors (Lipinski definition) is 3. The van der Waals surface area contributed by atoms with E-state index in [1.807, 2.05) is 51.2 Å². The number of nitrogens with zero attached hydrogens (tertiary/aromatic N) is 3. The second kappa shape index (κ2) is 8.11. The molecular formula is C18H27N3O2. The number of carbonyl (C=O) groups is 2. The van der Waals surface area contributed by atoms with Gasteiger partial charge in [-0.15, -0.1) is 0 Å². The number of amides is 2. The molecule has 0 unspecified atom stereocenters. The van der Waals surface area contributed by atoms with E-state index in [9.17, 15) is 9.59 Å². The van der Waals surface area contributed by atoms with E-state index in [4.69, 9.17) is 0 Å². The molecule has 1 aromatic carbocycles. The SMILES string of the molecule is CC(C)N(Cc1ccccc1)C(=O)CC(=O)N1CCN(C)CC1. The molecule has 23 heavy (non-hydrogen) atoms. The molecule has 2 rings (SSSR count). The van der Waals surface area contributed by atoms with Crippen molar-refractivity contribution in [2.75, 3.05) is 33.2 Å². The summed E-state index contributed by atoms with van der Waals surface area (Å²) in [5, 5.41) is 0. The molecule has 1 heterocycles. The Bertz CT molecular complexity index is 522. The van der Waals surface area contributed by atoms with Gasteiger partial charge in [0.25, 0.3) is 0 Å². The Labute approximate surface area is 138 Å². The second-order valence-corrected chi connectivity index (χ2v) is 6.46. The van der Waals surface area contributed by atoms with E-state index in [1.165, 1.54) is 0 Å². The Morgan fingerprint density at radius 1 is 1.09 bits per heavy atom. The first-order valence-electron chi connectivity index (χ1n) is 8.27. The van der Waals surface area contributed by atoms with Crippen molar-refractivity contribution in [2.45, 2.75) is 32.9 Å². The monoisotopic (exact) mass is 317 g/mol. The third-order valence-corrected chi connectivity index (χ3v) is 4.30. The molecule has 0 aromatic heterocycles. The first-order valence-corrected chi connectivity index (χ1v) is 8.27. The molecule has 1 aromatic rings. The maximum Gasteiger partial charge on any atom is 0.232 e. The van der Waals surface area contributed by atoms with Crippen LogP contribution in [-0.2, 0) is 16.1 Å². The van der Waals surface area contributed by atoms with Gasteiger partial charge in [0.05, 0.1) is 0 Å². The highest BCUT2D eigenvalue weighted by Gasteiger charge is 2.25. The minimum Gasteiger partial charge on any atom is -0.340 e. The summed E-state index contributed by atoms with van der Waals surface area (Å²) in [6.07, 6.45) is -0.0330. The molecule has 2 amide bonds. The quantitative estimate of drug-likeness (QED) is 0.775. The predicted octanol–water partition coefficient (Wildman–Crippen LogP) is 1.59. The summed E-state index contributed by atoms with van der Waals surface area (Å²) in [6.45, 7) is 7.69. The first-order chi connectivity index (χ1) is 11.0. The van der Waals surface area contributed by atoms with Crippen LogP contribution >= 0.6 is 0 Å². The second-order valence-electron chi connectivity index (χ2n) is 6.46. The normalized spacial score (nSPS) is 15.7. The molecule has 0 saturated carbocycles. The van der Waals surface area contributed by atoms with Gasteiger partial charge in [0, 0.05) is 38.8 Å². The van der Waals surface area contributed by atoms with Gasteiger partial charge in [0.1, 0.15) is 6.42 Å². The average molecular weight is 317 g/mol. The van der Waals surface area contributed by atoms with Crippen LogP contribution in [0.15, 0.2) is 30.3 Å². The maximum absolute atomic E-state index is 12.6. The summed E-state index contributed by atoms with van der Waals surface area (Å²) in [5.41, 5.74) is 1.08. The van der Waals surface area contributed by atoms with Gasteiger partial charge in [-0.25, -0.2) is 0 Å². The zero-order chi connectivity index (χ0) is 16.8. The zero-order valence-corrected chi connectivity index (χ0v) is 14.4. The van der Waals surface area contributed by atoms with Gasteiger partial charge in [-0.05, 0) is 26.5 Å². The fourth-order valence-electron chi connectivity index (χ4n) is 2.74. The molecule has 1 saturated heterocycles. The maximum atomic E-state index is 12.6. The Balaban J connectivity index is 1.94. The van der Waals surface area contributed by atoms with Crippen molar-refractivity contribution in [3.05, 3.63) is 35.9 Å². The van der Waals surface area contributed by atoms with Crippen LogP contribution in [0.25, 0.3) is 0 Å². The van der Waals surface area contributed by atoms with Crippen molar-refractivity contribution >= 4 is 11.8 Å². The smallest absolute Gasteiger partial charge is 0.232 e. The minimum atomic E-state index is -0.0900. The Morgan fingerprint density at radius 2 is 1.70 bits per heavy atom. The van der Waals surface area contributed by atoms with Gasteiger partial charge in [0.15, 0.2) is 0 Å². The Kier molecular flexibility index (Phi) is 6.16. The lowest BCUT2D eigenvalue weighted by Gasteiger charge is -2.33. The minimum absolute atomic E-state index is 0.0330. The number of carbonyl (C=O) groups excluding carboxylic acids is 2. The summed E-state index contributed by atoms with van der Waals surface area (Å²) in [5.74, 6) is -0.144. The first kappa shape index (κ1) is 17.5. The molecule has 5 nitrogen and oxygen atoms in total. The van der Waals surface area contributed by atoms with Crippen LogP contribution in [0.1, 0.15) is 25.8 Å². The van der Waals surface area contributed by atoms with Gasteiger partial charge >= 0.3 is 0 Å². The standard InChI is InChI=1S/C18H27N3O2/c1-15(2)21(14-16-7-5-4-6-8-16)18(23)13-17(22)20-11-9-19(3)10-12-20/h4-8,15H,9-14H2,1-3H3. The van der Waals surface area contributed by atoms with Crippen LogP contribution in [0, 0.1) is 0 Å². The zero-order valence-electron chi connectivity index (χ0n) is 14.4. The third kappa shape index (κ3) is 5.06. The van der Waals surface area contributed by atoms with Crippen molar-refractivity contribution < 1.29 is 9.59 Å². The lowest BCUT2D eigenvalue weighted by atomic mass is 10.1. The molecule has 1 fully saturated rings. The van der Waals surface area contributed by atoms with Crippen LogP contribution in [0.2, 0.25) is 0 Å². The third-order valence-electron chi connectivity index (χ3n) is 4.30. The van der Waals surface area contributed by atoms with Gasteiger partial charge in [-0.3, -0.25) is 9.59 Å². The molecular weight excluding hydrogens is 290 g/mol. The summed E-state index contributed by atoms with van der Waals surface area (Å²) >= 11 is 0. The molecule has 0 atom stereocenters. The van der Waals surface area contributed by atoms with E-state index in [2.05, 4.69) is 4.90 Å². The van der Waals surface area contributed by atoms with Crippen LogP contribution in [-0.4, -0.2) is 65.8 Å². The molecule has 1 aliphatic rings. The summed E-state index contributed by atoms with van der Waals surface area (Å²) in [6, 6.07) is 9.97. The summed E-state index contributed by atoms with van der Waals surface area (Å²) in [7, 11) is 2.05. The number of benzene rings is 1. The fourth-order valence-corrected chi connectivity index (χ4v) is 2.74. The number of likely N-dealkylation sites (N-methyl/N-ethyl adjacent to an activating group) is 1. The van der Waals surface area contributed by atoms with Gasteiger partial charge in [-0.2, -0.15) is 0 Å². The lowest BCUT2D eigenvalue weighted by molar-refractivity contribution is -0.142. The van der Waals surface area contributed by atoms with Crippen LogP contribution in [0.4, 0.5) is 0 Å². The van der Waals surface area contributed by atoms with Gasteiger partial charge in [0.2, 0.25) is 11.8 Å². The highest BCUT2D eigenvalue weighted by Crippen LogP contribution is 2.11. The van der Waals surface area contributed by atoms with Crippen molar-refractivity contribution in [1.29, 1.82) is 0 Å². The summed E-state index contributed by atoms with van der Waals surface area (Å²) < 4.78 is 0. The van der Waals surface area contributed by atoms with Crippen LogP contribution < -0.4 is 0 Å². The van der Waals surface area contributed by atoms with Crippen molar-refractivity contribution in [3.63, 3.8) is 0 Å². The molecule has 5 heteroatoms. The van der Waals surface area contributed by atoms with Gasteiger partial charge in [-0.1, -0.05) is 30.3 Å². The predicted molar refractivity (Wildman–Crippen MR) is 90.8 cm³/mol. The molecule has 0 bridgehead atoms. The van der Waals surface area contributed by atoms with Crippen LogP contribution in [0.5, 0.6) is 0 Å². The molecule has 0 radical (unpaired) electrons. The fraction of sp³-hybridized carbons (Fsp3) is 0.556. The number of piperazine rings is 1. The van der Waals surface area contributed by atoms with Crippen molar-refractivity contribution in [3.8, 4) is 0 Å². The van der Waals surface area contributed by atoms with Crippen molar-refractivity contribution in [1.82, 2.24) is 14.7 Å². The Morgan fingerprint density at radius 3 is 2.26 bits per heavy atom. The number of hydrogen-bond donors (Lipinski definition) is 0. The molecule has 0 N–H and O–H groups in total. The van der Waals surface area contributed by atoms with E-state index >= 15 is 0 Å². The van der Waals surface area contributed by atoms with Crippen molar-refractivity contribution in [2.24, 2.45) is 0 Å². The van der Waals surface area contributed by atoms with E-state index < -0.39 is 0 Å².